The molecule has 5 nitrogen and oxygen atoms in total. The summed E-state index contributed by atoms with van der Waals surface area (Å²) in [5, 5.41) is 9.21. The summed E-state index contributed by atoms with van der Waals surface area (Å²) in [5.41, 5.74) is 4.49. The Morgan fingerprint density at radius 3 is 2.04 bits per heavy atom. The standard InChI is InChI=1S/C16H20F3NO4/c1-15(2,3)24-14(23)12(13(21)22)11(20)8-9-4-6-10(7-5-9)16(17,18)19/h4-7,11-12H,8,20H2,1-3H3,(H,21,22)/t11?,12-/m0/s1. The van der Waals surface area contributed by atoms with Gasteiger partial charge in [-0.25, -0.2) is 0 Å². The summed E-state index contributed by atoms with van der Waals surface area (Å²) in [4.78, 5) is 23.3. The summed E-state index contributed by atoms with van der Waals surface area (Å²) in [7, 11) is 0. The smallest absolute Gasteiger partial charge is 0.416 e. The van der Waals surface area contributed by atoms with Gasteiger partial charge in [0.1, 0.15) is 5.60 Å². The van der Waals surface area contributed by atoms with Gasteiger partial charge < -0.3 is 15.6 Å². The lowest BCUT2D eigenvalue weighted by molar-refractivity contribution is -0.167. The molecule has 8 heteroatoms. The first-order valence-electron chi connectivity index (χ1n) is 7.18. The Balaban J connectivity index is 2.88. The van der Waals surface area contributed by atoms with E-state index in [1.807, 2.05) is 0 Å². The predicted molar refractivity (Wildman–Crippen MR) is 80.1 cm³/mol. The van der Waals surface area contributed by atoms with Gasteiger partial charge in [-0.1, -0.05) is 12.1 Å². The van der Waals surface area contributed by atoms with E-state index in [9.17, 15) is 27.9 Å². The lowest BCUT2D eigenvalue weighted by Gasteiger charge is -2.25. The number of carboxylic acids is 1. The summed E-state index contributed by atoms with van der Waals surface area (Å²) >= 11 is 0. The van der Waals surface area contributed by atoms with Crippen LogP contribution in [0.25, 0.3) is 0 Å². The largest absolute Gasteiger partial charge is 0.481 e. The fraction of sp³-hybridized carbons (Fsp3) is 0.500. The molecule has 1 aromatic rings. The minimum Gasteiger partial charge on any atom is -0.481 e. The van der Waals surface area contributed by atoms with Gasteiger partial charge in [-0.3, -0.25) is 9.59 Å². The molecule has 0 heterocycles. The van der Waals surface area contributed by atoms with Gasteiger partial charge in [0.15, 0.2) is 5.92 Å². The van der Waals surface area contributed by atoms with Gasteiger partial charge in [-0.15, -0.1) is 0 Å². The van der Waals surface area contributed by atoms with Crippen molar-refractivity contribution in [3.05, 3.63) is 35.4 Å². The third-order valence-corrected chi connectivity index (χ3v) is 3.11. The molecular formula is C16H20F3NO4. The molecule has 0 amide bonds. The van der Waals surface area contributed by atoms with Crippen LogP contribution in [0.4, 0.5) is 13.2 Å². The Kier molecular flexibility index (Phi) is 5.99. The normalized spacial score (nSPS) is 14.8. The number of alkyl halides is 3. The van der Waals surface area contributed by atoms with E-state index in [0.29, 0.717) is 5.56 Å². The van der Waals surface area contributed by atoms with E-state index in [2.05, 4.69) is 0 Å². The number of aliphatic carboxylic acids is 1. The quantitative estimate of drug-likeness (QED) is 0.631. The highest BCUT2D eigenvalue weighted by Crippen LogP contribution is 2.29. The maximum absolute atomic E-state index is 12.5. The van der Waals surface area contributed by atoms with Gasteiger partial charge in [0, 0.05) is 6.04 Å². The predicted octanol–water partition coefficient (Wildman–Crippen LogP) is 2.62. The van der Waals surface area contributed by atoms with Crippen molar-refractivity contribution in [3.8, 4) is 0 Å². The number of benzene rings is 1. The summed E-state index contributed by atoms with van der Waals surface area (Å²) in [5.74, 6) is -4.02. The molecule has 0 radical (unpaired) electrons. The fourth-order valence-electron chi connectivity index (χ4n) is 2.04. The van der Waals surface area contributed by atoms with Crippen molar-refractivity contribution in [1.29, 1.82) is 0 Å². The molecule has 134 valence electrons. The molecule has 0 aliphatic carbocycles. The van der Waals surface area contributed by atoms with Crippen molar-refractivity contribution in [2.75, 3.05) is 0 Å². The van der Waals surface area contributed by atoms with E-state index in [1.165, 1.54) is 12.1 Å². The first-order valence-corrected chi connectivity index (χ1v) is 7.18. The number of esters is 1. The molecule has 0 saturated heterocycles. The van der Waals surface area contributed by atoms with Crippen molar-refractivity contribution in [3.63, 3.8) is 0 Å². The molecule has 1 aromatic carbocycles. The maximum Gasteiger partial charge on any atom is 0.416 e. The average Bonchev–Trinajstić information content (AvgIpc) is 2.35. The van der Waals surface area contributed by atoms with Crippen LogP contribution in [-0.2, 0) is 26.9 Å². The van der Waals surface area contributed by atoms with Gasteiger partial charge in [0.25, 0.3) is 0 Å². The Morgan fingerprint density at radius 2 is 1.67 bits per heavy atom. The highest BCUT2D eigenvalue weighted by Gasteiger charge is 2.36. The van der Waals surface area contributed by atoms with Crippen LogP contribution in [0.2, 0.25) is 0 Å². The highest BCUT2D eigenvalue weighted by molar-refractivity contribution is 5.95. The van der Waals surface area contributed by atoms with Crippen molar-refractivity contribution < 1.29 is 32.6 Å². The number of ether oxygens (including phenoxy) is 1. The SMILES string of the molecule is CC(C)(C)OC(=O)[C@H](C(=O)O)C(N)Cc1ccc(C(F)(F)F)cc1. The zero-order valence-electron chi connectivity index (χ0n) is 13.6. The Bertz CT molecular complexity index is 591. The van der Waals surface area contributed by atoms with Crippen molar-refractivity contribution in [1.82, 2.24) is 0 Å². The van der Waals surface area contributed by atoms with Crippen molar-refractivity contribution >= 4 is 11.9 Å². The van der Waals surface area contributed by atoms with E-state index in [-0.39, 0.29) is 6.42 Å². The molecule has 0 aliphatic heterocycles. The van der Waals surface area contributed by atoms with E-state index in [1.54, 1.807) is 20.8 Å². The minimum absolute atomic E-state index is 0.0751. The molecule has 0 aromatic heterocycles. The molecule has 3 N–H and O–H groups in total. The lowest BCUT2D eigenvalue weighted by atomic mass is 9.93. The molecule has 0 spiro atoms. The van der Waals surface area contributed by atoms with Crippen LogP contribution in [0.5, 0.6) is 0 Å². The molecule has 24 heavy (non-hydrogen) atoms. The first-order chi connectivity index (χ1) is 10.8. The monoisotopic (exact) mass is 347 g/mol. The summed E-state index contributed by atoms with van der Waals surface area (Å²) in [6.07, 6.45) is -4.53. The third-order valence-electron chi connectivity index (χ3n) is 3.11. The molecule has 0 bridgehead atoms. The number of halogens is 3. The molecule has 0 saturated carbocycles. The Labute approximate surface area is 137 Å². The summed E-state index contributed by atoms with van der Waals surface area (Å²) in [6.45, 7) is 4.77. The van der Waals surface area contributed by atoms with E-state index >= 15 is 0 Å². The minimum atomic E-state index is -4.46. The summed E-state index contributed by atoms with van der Waals surface area (Å²) < 4.78 is 42.6. The van der Waals surface area contributed by atoms with E-state index in [4.69, 9.17) is 10.5 Å². The van der Waals surface area contributed by atoms with Gasteiger partial charge >= 0.3 is 18.1 Å². The zero-order chi connectivity index (χ0) is 18.7. The van der Waals surface area contributed by atoms with Crippen molar-refractivity contribution in [2.45, 2.75) is 45.0 Å². The zero-order valence-corrected chi connectivity index (χ0v) is 13.6. The van der Waals surface area contributed by atoms with Crippen molar-refractivity contribution in [2.24, 2.45) is 11.7 Å². The average molecular weight is 347 g/mol. The van der Waals surface area contributed by atoms with Gasteiger partial charge in [0.05, 0.1) is 5.56 Å². The maximum atomic E-state index is 12.5. The van der Waals surface area contributed by atoms with Crippen LogP contribution in [-0.4, -0.2) is 28.7 Å². The number of carbonyl (C=O) groups excluding carboxylic acids is 1. The van der Waals surface area contributed by atoms with Crippen LogP contribution in [0.3, 0.4) is 0 Å². The van der Waals surface area contributed by atoms with Crippen LogP contribution in [0, 0.1) is 5.92 Å². The second kappa shape index (κ2) is 7.21. The number of hydrogen-bond donors (Lipinski definition) is 2. The van der Waals surface area contributed by atoms with Crippen LogP contribution < -0.4 is 5.73 Å². The van der Waals surface area contributed by atoms with Crippen LogP contribution in [0.1, 0.15) is 31.9 Å². The number of carbonyl (C=O) groups is 2. The first kappa shape index (κ1) is 20.0. The third kappa shape index (κ3) is 5.84. The Hall–Kier alpha value is -2.09. The molecular weight excluding hydrogens is 327 g/mol. The summed E-state index contributed by atoms with van der Waals surface area (Å²) in [6, 6.07) is 3.04. The molecule has 2 atom stereocenters. The lowest BCUT2D eigenvalue weighted by Crippen LogP contribution is -2.45. The number of hydrogen-bond acceptors (Lipinski definition) is 4. The number of rotatable bonds is 5. The van der Waals surface area contributed by atoms with Gasteiger partial charge in [-0.05, 0) is 44.9 Å². The second-order valence-electron chi connectivity index (χ2n) is 6.41. The Morgan fingerprint density at radius 1 is 1.17 bits per heavy atom. The molecule has 0 aliphatic rings. The van der Waals surface area contributed by atoms with Gasteiger partial charge in [0.2, 0.25) is 0 Å². The second-order valence-corrected chi connectivity index (χ2v) is 6.41. The topological polar surface area (TPSA) is 89.6 Å². The molecule has 1 unspecified atom stereocenters. The van der Waals surface area contributed by atoms with E-state index < -0.39 is 41.2 Å². The number of carboxylic acid groups (broad SMARTS) is 1. The molecule has 0 fully saturated rings. The molecule has 1 rings (SSSR count). The van der Waals surface area contributed by atoms with E-state index in [0.717, 1.165) is 12.1 Å². The van der Waals surface area contributed by atoms with Gasteiger partial charge in [-0.2, -0.15) is 13.2 Å². The number of nitrogens with two attached hydrogens (primary N) is 1. The van der Waals surface area contributed by atoms with Crippen LogP contribution >= 0.6 is 0 Å². The fourth-order valence-corrected chi connectivity index (χ4v) is 2.04. The van der Waals surface area contributed by atoms with Crippen LogP contribution in [0.15, 0.2) is 24.3 Å². The highest BCUT2D eigenvalue weighted by atomic mass is 19.4.